The van der Waals surface area contributed by atoms with Gasteiger partial charge in [0, 0.05) is 37.0 Å². The largest absolute Gasteiger partial charge is 0.383 e. The molecule has 0 amide bonds. The van der Waals surface area contributed by atoms with Crippen LogP contribution in [0.1, 0.15) is 19.3 Å². The van der Waals surface area contributed by atoms with E-state index < -0.39 is 4.92 Å². The van der Waals surface area contributed by atoms with Crippen LogP contribution in [-0.4, -0.2) is 27.4 Å². The third-order valence-corrected chi connectivity index (χ3v) is 4.71. The molecular weight excluding hydrogens is 318 g/mol. The topological polar surface area (TPSA) is 89.7 Å². The van der Waals surface area contributed by atoms with Crippen molar-refractivity contribution >= 4 is 22.8 Å². The maximum absolute atomic E-state index is 10.8. The molecular formula is C18H19N5O2. The summed E-state index contributed by atoms with van der Waals surface area (Å²) < 4.78 is 1.89. The van der Waals surface area contributed by atoms with Crippen LogP contribution < -0.4 is 10.6 Å². The molecule has 2 aromatic heterocycles. The van der Waals surface area contributed by atoms with Crippen molar-refractivity contribution < 1.29 is 4.92 Å². The Balaban J connectivity index is 1.73. The number of hydrogen-bond acceptors (Lipinski definition) is 5. The Morgan fingerprint density at radius 3 is 2.44 bits per heavy atom. The van der Waals surface area contributed by atoms with E-state index >= 15 is 0 Å². The lowest BCUT2D eigenvalue weighted by atomic mass is 10.1. The zero-order valence-corrected chi connectivity index (χ0v) is 13.8. The van der Waals surface area contributed by atoms with Crippen LogP contribution in [0.2, 0.25) is 0 Å². The second-order valence-corrected chi connectivity index (χ2v) is 6.31. The van der Waals surface area contributed by atoms with Crippen LogP contribution >= 0.6 is 0 Å². The molecule has 0 spiro atoms. The lowest BCUT2D eigenvalue weighted by Gasteiger charge is -2.28. The molecule has 0 bridgehead atoms. The highest BCUT2D eigenvalue weighted by atomic mass is 16.6. The molecule has 7 nitrogen and oxygen atoms in total. The molecule has 2 N–H and O–H groups in total. The highest BCUT2D eigenvalue weighted by Gasteiger charge is 2.16. The molecule has 3 aromatic rings. The van der Waals surface area contributed by atoms with E-state index in [0.717, 1.165) is 30.0 Å². The molecule has 25 heavy (non-hydrogen) atoms. The number of fused-ring (bicyclic) bond motifs is 1. The number of nitro groups is 1. The van der Waals surface area contributed by atoms with Crippen LogP contribution in [-0.2, 0) is 0 Å². The van der Waals surface area contributed by atoms with E-state index in [1.165, 1.54) is 31.4 Å². The smallest absolute Gasteiger partial charge is 0.269 e. The first-order chi connectivity index (χ1) is 12.1. The molecule has 0 atom stereocenters. The summed E-state index contributed by atoms with van der Waals surface area (Å²) in [6.45, 7) is 2.13. The summed E-state index contributed by atoms with van der Waals surface area (Å²) in [5.41, 5.74) is 9.70. The molecule has 3 heterocycles. The number of nitrogens with zero attached hydrogens (tertiary/aromatic N) is 4. The van der Waals surface area contributed by atoms with E-state index in [4.69, 9.17) is 5.73 Å². The predicted octanol–water partition coefficient (Wildman–Crippen LogP) is 3.48. The Morgan fingerprint density at radius 2 is 1.76 bits per heavy atom. The average molecular weight is 337 g/mol. The molecule has 128 valence electrons. The SMILES string of the molecule is Nc1c(-c2ccc([N+](=O)[O-])cc2)nc2ccc(N3CCCCC3)cn12. The summed E-state index contributed by atoms with van der Waals surface area (Å²) in [6, 6.07) is 10.3. The second kappa shape index (κ2) is 6.08. The number of nitrogen functional groups attached to an aromatic ring is 1. The van der Waals surface area contributed by atoms with Gasteiger partial charge >= 0.3 is 0 Å². The number of imidazole rings is 1. The van der Waals surface area contributed by atoms with Crippen LogP contribution in [0.15, 0.2) is 42.6 Å². The van der Waals surface area contributed by atoms with Crippen molar-refractivity contribution in [2.75, 3.05) is 23.7 Å². The normalized spacial score (nSPS) is 14.8. The Morgan fingerprint density at radius 1 is 1.04 bits per heavy atom. The van der Waals surface area contributed by atoms with Gasteiger partial charge in [-0.3, -0.25) is 14.5 Å². The number of rotatable bonds is 3. The van der Waals surface area contributed by atoms with Gasteiger partial charge < -0.3 is 10.6 Å². The van der Waals surface area contributed by atoms with Crippen molar-refractivity contribution in [2.24, 2.45) is 0 Å². The molecule has 7 heteroatoms. The molecule has 0 unspecified atom stereocenters. The summed E-state index contributed by atoms with van der Waals surface area (Å²) in [6.07, 6.45) is 5.74. The van der Waals surface area contributed by atoms with E-state index in [2.05, 4.69) is 16.0 Å². The molecule has 1 saturated heterocycles. The Bertz CT molecular complexity index is 927. The Labute approximate surface area is 144 Å². The van der Waals surface area contributed by atoms with Gasteiger partial charge in [0.2, 0.25) is 0 Å². The predicted molar refractivity (Wildman–Crippen MR) is 97.8 cm³/mol. The molecule has 0 saturated carbocycles. The zero-order valence-electron chi connectivity index (χ0n) is 13.8. The van der Waals surface area contributed by atoms with Crippen molar-refractivity contribution in [3.63, 3.8) is 0 Å². The Hall–Kier alpha value is -3.09. The van der Waals surface area contributed by atoms with E-state index in [-0.39, 0.29) is 5.69 Å². The summed E-state index contributed by atoms with van der Waals surface area (Å²) in [5, 5.41) is 10.8. The molecule has 1 aromatic carbocycles. The monoisotopic (exact) mass is 337 g/mol. The fourth-order valence-electron chi connectivity index (χ4n) is 3.34. The quantitative estimate of drug-likeness (QED) is 0.584. The fourth-order valence-corrected chi connectivity index (χ4v) is 3.34. The third kappa shape index (κ3) is 2.77. The maximum atomic E-state index is 10.8. The summed E-state index contributed by atoms with van der Waals surface area (Å²) >= 11 is 0. The Kier molecular flexibility index (Phi) is 3.76. The highest BCUT2D eigenvalue weighted by molar-refractivity contribution is 5.76. The number of non-ortho nitro benzene ring substituents is 1. The van der Waals surface area contributed by atoms with Crippen LogP contribution in [0.4, 0.5) is 17.2 Å². The van der Waals surface area contributed by atoms with Gasteiger partial charge in [-0.15, -0.1) is 0 Å². The van der Waals surface area contributed by atoms with Crippen molar-refractivity contribution in [2.45, 2.75) is 19.3 Å². The molecule has 0 aliphatic carbocycles. The van der Waals surface area contributed by atoms with Gasteiger partial charge in [0.05, 0.1) is 10.6 Å². The van der Waals surface area contributed by atoms with Gasteiger partial charge in [-0.05, 0) is 43.5 Å². The summed E-state index contributed by atoms with van der Waals surface area (Å²) in [5.74, 6) is 0.544. The number of nitro benzene ring substituents is 1. The summed E-state index contributed by atoms with van der Waals surface area (Å²) in [7, 11) is 0. The van der Waals surface area contributed by atoms with Gasteiger partial charge in [0.15, 0.2) is 0 Å². The zero-order chi connectivity index (χ0) is 17.4. The van der Waals surface area contributed by atoms with E-state index in [1.807, 2.05) is 16.7 Å². The van der Waals surface area contributed by atoms with Gasteiger partial charge in [0.25, 0.3) is 5.69 Å². The number of anilines is 2. The van der Waals surface area contributed by atoms with Crippen LogP contribution in [0, 0.1) is 10.1 Å². The van der Waals surface area contributed by atoms with Gasteiger partial charge in [0.1, 0.15) is 17.2 Å². The second-order valence-electron chi connectivity index (χ2n) is 6.31. The van der Waals surface area contributed by atoms with Crippen LogP contribution in [0.3, 0.4) is 0 Å². The third-order valence-electron chi connectivity index (χ3n) is 4.71. The molecule has 1 aliphatic rings. The fraction of sp³-hybridized carbons (Fsp3) is 0.278. The van der Waals surface area contributed by atoms with Crippen molar-refractivity contribution in [1.29, 1.82) is 0 Å². The first-order valence-electron chi connectivity index (χ1n) is 8.41. The van der Waals surface area contributed by atoms with Crippen LogP contribution in [0.25, 0.3) is 16.9 Å². The van der Waals surface area contributed by atoms with Crippen LogP contribution in [0.5, 0.6) is 0 Å². The van der Waals surface area contributed by atoms with Gasteiger partial charge in [-0.2, -0.15) is 0 Å². The maximum Gasteiger partial charge on any atom is 0.269 e. The lowest BCUT2D eigenvalue weighted by Crippen LogP contribution is -2.29. The number of pyridine rings is 1. The van der Waals surface area contributed by atoms with E-state index in [9.17, 15) is 10.1 Å². The van der Waals surface area contributed by atoms with Crippen molar-refractivity contribution in [3.05, 3.63) is 52.7 Å². The number of piperidine rings is 1. The minimum absolute atomic E-state index is 0.0541. The molecule has 0 radical (unpaired) electrons. The van der Waals surface area contributed by atoms with Gasteiger partial charge in [-0.1, -0.05) is 0 Å². The van der Waals surface area contributed by atoms with E-state index in [0.29, 0.717) is 11.5 Å². The number of aromatic nitrogens is 2. The standard InChI is InChI=1S/C18H19N5O2/c19-18-17(13-4-6-14(7-5-13)23(24)25)20-16-9-8-15(12-22(16)18)21-10-2-1-3-11-21/h4-9,12H,1-3,10-11,19H2. The molecule has 4 rings (SSSR count). The average Bonchev–Trinajstić information content (AvgIpc) is 2.99. The number of hydrogen-bond donors (Lipinski definition) is 1. The number of benzene rings is 1. The van der Waals surface area contributed by atoms with Gasteiger partial charge in [-0.25, -0.2) is 4.98 Å². The molecule has 1 fully saturated rings. The van der Waals surface area contributed by atoms with Crippen molar-refractivity contribution in [3.8, 4) is 11.3 Å². The number of nitrogens with two attached hydrogens (primary N) is 1. The molecule has 1 aliphatic heterocycles. The van der Waals surface area contributed by atoms with Crippen molar-refractivity contribution in [1.82, 2.24) is 9.38 Å². The minimum atomic E-state index is -0.415. The minimum Gasteiger partial charge on any atom is -0.383 e. The summed E-state index contributed by atoms with van der Waals surface area (Å²) in [4.78, 5) is 17.3. The lowest BCUT2D eigenvalue weighted by molar-refractivity contribution is -0.384. The first-order valence-corrected chi connectivity index (χ1v) is 8.41. The first kappa shape index (κ1) is 15.4. The highest BCUT2D eigenvalue weighted by Crippen LogP contribution is 2.30. The van der Waals surface area contributed by atoms with E-state index in [1.54, 1.807) is 12.1 Å².